The van der Waals surface area contributed by atoms with E-state index < -0.39 is 10.0 Å². The third-order valence-corrected chi connectivity index (χ3v) is 4.35. The van der Waals surface area contributed by atoms with E-state index in [1.54, 1.807) is 0 Å². The summed E-state index contributed by atoms with van der Waals surface area (Å²) >= 11 is 0. The molecule has 2 rings (SSSR count). The van der Waals surface area contributed by atoms with Gasteiger partial charge in [0.15, 0.2) is 0 Å². The molecule has 1 aromatic rings. The Morgan fingerprint density at radius 2 is 1.80 bits per heavy atom. The molecule has 0 N–H and O–H groups in total. The number of rotatable bonds is 2. The van der Waals surface area contributed by atoms with Crippen LogP contribution in [0.2, 0.25) is 0 Å². The summed E-state index contributed by atoms with van der Waals surface area (Å²) in [6.45, 7) is 1.20. The van der Waals surface area contributed by atoms with Crippen LogP contribution in [-0.4, -0.2) is 25.8 Å². The van der Waals surface area contributed by atoms with Gasteiger partial charge in [-0.25, -0.2) is 8.42 Å². The van der Waals surface area contributed by atoms with Gasteiger partial charge in [-0.1, -0.05) is 0 Å². The second-order valence-corrected chi connectivity index (χ2v) is 5.33. The molecule has 1 heterocycles. The highest BCUT2D eigenvalue weighted by Crippen LogP contribution is 2.20. The fraction of sp³-hybridized carbons (Fsp3) is 0.300. The van der Waals surface area contributed by atoms with Crippen molar-refractivity contribution >= 4 is 10.0 Å². The van der Waals surface area contributed by atoms with Crippen LogP contribution in [0.15, 0.2) is 29.2 Å². The van der Waals surface area contributed by atoms with Crippen LogP contribution < -0.4 is 0 Å². The van der Waals surface area contributed by atoms with Crippen molar-refractivity contribution in [2.24, 2.45) is 0 Å². The maximum Gasteiger partial charge on any atom is 0.243 e. The predicted octanol–water partition coefficient (Wildman–Crippen LogP) is 0.953. The summed E-state index contributed by atoms with van der Waals surface area (Å²) in [5.74, 6) is 0. The Labute approximate surface area is 88.8 Å². The van der Waals surface area contributed by atoms with Crippen molar-refractivity contribution in [1.29, 1.82) is 5.26 Å². The molecule has 0 amide bonds. The lowest BCUT2D eigenvalue weighted by atomic mass is 10.2. The van der Waals surface area contributed by atoms with Gasteiger partial charge in [-0.15, -0.1) is 0 Å². The van der Waals surface area contributed by atoms with Crippen molar-refractivity contribution < 1.29 is 8.42 Å². The first kappa shape index (κ1) is 10.1. The Hall–Kier alpha value is -1.38. The lowest BCUT2D eigenvalue weighted by Gasteiger charge is -2.29. The van der Waals surface area contributed by atoms with Crippen LogP contribution in [0.1, 0.15) is 12.0 Å². The molecule has 1 fully saturated rings. The first-order valence-corrected chi connectivity index (χ1v) is 6.09. The summed E-state index contributed by atoms with van der Waals surface area (Å²) in [5.41, 5.74) is 0.470. The van der Waals surface area contributed by atoms with Crippen LogP contribution in [-0.2, 0) is 10.0 Å². The highest BCUT2D eigenvalue weighted by Gasteiger charge is 2.28. The van der Waals surface area contributed by atoms with Gasteiger partial charge < -0.3 is 0 Å². The molecule has 0 unspecified atom stereocenters. The van der Waals surface area contributed by atoms with Gasteiger partial charge in [0.25, 0.3) is 0 Å². The Morgan fingerprint density at radius 1 is 1.20 bits per heavy atom. The molecule has 1 saturated heterocycles. The average Bonchev–Trinajstić information content (AvgIpc) is 2.14. The molecule has 0 spiro atoms. The van der Waals surface area contributed by atoms with Gasteiger partial charge in [0, 0.05) is 13.1 Å². The van der Waals surface area contributed by atoms with E-state index in [1.807, 2.05) is 6.07 Å². The number of hydrogen-bond donors (Lipinski definition) is 0. The van der Waals surface area contributed by atoms with Crippen molar-refractivity contribution in [3.8, 4) is 6.07 Å². The van der Waals surface area contributed by atoms with Crippen molar-refractivity contribution in [2.75, 3.05) is 13.1 Å². The van der Waals surface area contributed by atoms with Crippen molar-refractivity contribution in [3.05, 3.63) is 29.8 Å². The molecule has 5 heteroatoms. The van der Waals surface area contributed by atoms with Gasteiger partial charge in [-0.05, 0) is 30.7 Å². The summed E-state index contributed by atoms with van der Waals surface area (Å²) in [6.07, 6.45) is 0.926. The van der Waals surface area contributed by atoms with E-state index in [4.69, 9.17) is 5.26 Å². The summed E-state index contributed by atoms with van der Waals surface area (Å²) in [4.78, 5) is 0.265. The molecule has 4 nitrogen and oxygen atoms in total. The number of benzene rings is 1. The smallest absolute Gasteiger partial charge is 0.207 e. The quantitative estimate of drug-likeness (QED) is 0.748. The third-order valence-electron chi connectivity index (χ3n) is 2.44. The zero-order chi connectivity index (χ0) is 10.9. The lowest BCUT2D eigenvalue weighted by molar-refractivity contribution is 0.309. The van der Waals surface area contributed by atoms with E-state index >= 15 is 0 Å². The molecule has 0 atom stereocenters. The summed E-state index contributed by atoms with van der Waals surface area (Å²) < 4.78 is 25.2. The van der Waals surface area contributed by atoms with Crippen molar-refractivity contribution in [2.45, 2.75) is 11.3 Å². The molecule has 0 aromatic heterocycles. The van der Waals surface area contributed by atoms with Crippen LogP contribution in [0.5, 0.6) is 0 Å². The summed E-state index contributed by atoms with van der Waals surface area (Å²) in [5, 5.41) is 8.59. The van der Waals surface area contributed by atoms with Crippen LogP contribution >= 0.6 is 0 Å². The number of nitriles is 1. The van der Waals surface area contributed by atoms with Gasteiger partial charge in [0.2, 0.25) is 10.0 Å². The normalized spacial score (nSPS) is 16.7. The molecule has 1 aromatic carbocycles. The van der Waals surface area contributed by atoms with E-state index in [0.717, 1.165) is 6.42 Å². The van der Waals surface area contributed by atoms with Gasteiger partial charge >= 0.3 is 0 Å². The third kappa shape index (κ3) is 1.74. The highest BCUT2D eigenvalue weighted by molar-refractivity contribution is 7.89. The zero-order valence-corrected chi connectivity index (χ0v) is 8.87. The molecule has 1 aliphatic heterocycles. The Bertz CT molecular complexity index is 495. The second kappa shape index (κ2) is 3.65. The van der Waals surface area contributed by atoms with E-state index in [0.29, 0.717) is 18.7 Å². The molecule has 15 heavy (non-hydrogen) atoms. The largest absolute Gasteiger partial charge is 0.243 e. The van der Waals surface area contributed by atoms with Gasteiger partial charge in [-0.3, -0.25) is 0 Å². The van der Waals surface area contributed by atoms with E-state index in [-0.39, 0.29) is 4.90 Å². The molecule has 0 bridgehead atoms. The van der Waals surface area contributed by atoms with Gasteiger partial charge in [-0.2, -0.15) is 9.57 Å². The van der Waals surface area contributed by atoms with Crippen molar-refractivity contribution in [3.63, 3.8) is 0 Å². The highest BCUT2D eigenvalue weighted by atomic mass is 32.2. The summed E-state index contributed by atoms with van der Waals surface area (Å²) in [6, 6.07) is 7.95. The van der Waals surface area contributed by atoms with E-state index in [9.17, 15) is 8.42 Å². The van der Waals surface area contributed by atoms with Crippen LogP contribution in [0.25, 0.3) is 0 Å². The Kier molecular flexibility index (Phi) is 2.47. The minimum absolute atomic E-state index is 0.265. The molecule has 1 aliphatic rings. The molecular formula is C10H10N2O2S. The maximum atomic E-state index is 11.9. The summed E-state index contributed by atoms with van der Waals surface area (Å²) in [7, 11) is -3.30. The fourth-order valence-electron chi connectivity index (χ4n) is 1.38. The number of nitrogens with zero attached hydrogens (tertiary/aromatic N) is 2. The Balaban J connectivity index is 2.33. The monoisotopic (exact) mass is 222 g/mol. The standard InChI is InChI=1S/C10H10N2O2S/c11-8-9-2-4-10(5-3-9)15(13,14)12-6-1-7-12/h2-5H,1,6-7H2. The van der Waals surface area contributed by atoms with Crippen LogP contribution in [0, 0.1) is 11.3 Å². The Morgan fingerprint density at radius 3 is 2.20 bits per heavy atom. The molecule has 0 aliphatic carbocycles. The van der Waals surface area contributed by atoms with Crippen molar-refractivity contribution in [1.82, 2.24) is 4.31 Å². The molecular weight excluding hydrogens is 212 g/mol. The van der Waals surface area contributed by atoms with Gasteiger partial charge in [0.05, 0.1) is 16.5 Å². The lowest BCUT2D eigenvalue weighted by Crippen LogP contribution is -2.41. The van der Waals surface area contributed by atoms with Gasteiger partial charge in [0.1, 0.15) is 0 Å². The maximum absolute atomic E-state index is 11.9. The molecule has 78 valence electrons. The zero-order valence-electron chi connectivity index (χ0n) is 8.05. The molecule has 0 saturated carbocycles. The predicted molar refractivity (Wildman–Crippen MR) is 54.5 cm³/mol. The molecule has 0 radical (unpaired) electrons. The number of hydrogen-bond acceptors (Lipinski definition) is 3. The topological polar surface area (TPSA) is 61.2 Å². The number of sulfonamides is 1. The average molecular weight is 222 g/mol. The first-order valence-electron chi connectivity index (χ1n) is 4.65. The minimum atomic E-state index is -3.30. The van der Waals surface area contributed by atoms with Crippen LogP contribution in [0.3, 0.4) is 0 Å². The first-order chi connectivity index (χ1) is 7.14. The van der Waals surface area contributed by atoms with Crippen LogP contribution in [0.4, 0.5) is 0 Å². The minimum Gasteiger partial charge on any atom is -0.207 e. The van der Waals surface area contributed by atoms with E-state index in [1.165, 1.54) is 28.6 Å². The SMILES string of the molecule is N#Cc1ccc(S(=O)(=O)N2CCC2)cc1. The fourth-order valence-corrected chi connectivity index (χ4v) is 2.90. The second-order valence-electron chi connectivity index (χ2n) is 3.39. The van der Waals surface area contributed by atoms with E-state index in [2.05, 4.69) is 0 Å².